The van der Waals surface area contributed by atoms with Crippen molar-refractivity contribution in [2.24, 2.45) is 9.98 Å². The average molecular weight is 545 g/mol. The molecule has 0 fully saturated rings. The Morgan fingerprint density at radius 1 is 0.727 bits per heavy atom. The van der Waals surface area contributed by atoms with E-state index in [9.17, 15) is 0 Å². The predicted octanol–water partition coefficient (Wildman–Crippen LogP) is 8.93. The molecule has 1 aromatic heterocycles. The van der Waals surface area contributed by atoms with Crippen LogP contribution in [0.3, 0.4) is 0 Å². The molecule has 0 bridgehead atoms. The van der Waals surface area contributed by atoms with Crippen molar-refractivity contribution in [3.05, 3.63) is 86.7 Å². The first-order chi connectivity index (χ1) is 15.6. The molecule has 0 saturated carbocycles. The van der Waals surface area contributed by atoms with Crippen LogP contribution in [-0.2, 0) is 13.1 Å². The third-order valence-corrected chi connectivity index (χ3v) is 5.37. The first-order valence-corrected chi connectivity index (χ1v) is 13.8. The molecule has 0 aliphatic carbocycles. The predicted molar refractivity (Wildman–Crippen MR) is 141 cm³/mol. The second kappa shape index (κ2) is 12.7. The molecule has 0 atom stereocenters. The van der Waals surface area contributed by atoms with Gasteiger partial charge in [-0.05, 0) is 88.9 Å². The Balaban J connectivity index is 0.00000122. The Hall–Kier alpha value is -1.68. The molecular formula is C26H28Cl3FeN3. The summed E-state index contributed by atoms with van der Waals surface area (Å²) in [6.45, 7) is 14.3. The summed E-state index contributed by atoms with van der Waals surface area (Å²) in [7, 11) is 9.53. The van der Waals surface area contributed by atoms with Crippen LogP contribution in [0.2, 0.25) is 5.02 Å². The van der Waals surface area contributed by atoms with Crippen molar-refractivity contribution in [1.82, 2.24) is 4.98 Å². The fourth-order valence-electron chi connectivity index (χ4n) is 3.69. The van der Waals surface area contributed by atoms with E-state index >= 15 is 0 Å². The van der Waals surface area contributed by atoms with Gasteiger partial charge in [0.05, 0.1) is 39.2 Å². The molecular weight excluding hydrogens is 517 g/mol. The second-order valence-electron chi connectivity index (χ2n) is 8.01. The van der Waals surface area contributed by atoms with E-state index < -0.39 is 0 Å². The van der Waals surface area contributed by atoms with Gasteiger partial charge in [0, 0.05) is 0 Å². The van der Waals surface area contributed by atoms with Gasteiger partial charge in [-0.3, -0.25) is 4.99 Å². The number of hydrogen-bond donors (Lipinski definition) is 0. The van der Waals surface area contributed by atoms with Gasteiger partial charge in [0.2, 0.25) is 0 Å². The second-order valence-corrected chi connectivity index (χ2v) is 10.2. The fraction of sp³-hybridized carbons (Fsp3) is 0.269. The molecule has 3 aromatic rings. The maximum atomic E-state index is 6.43. The molecule has 3 rings (SSSR count). The summed E-state index contributed by atoms with van der Waals surface area (Å²) < 4.78 is 0. The number of halogens is 3. The van der Waals surface area contributed by atoms with Crippen LogP contribution < -0.4 is 0 Å². The molecule has 0 aliphatic heterocycles. The minimum atomic E-state index is 0.194. The van der Waals surface area contributed by atoms with E-state index in [0.29, 0.717) is 5.02 Å². The van der Waals surface area contributed by atoms with Gasteiger partial charge in [-0.25, -0.2) is 9.98 Å². The fourth-order valence-corrected chi connectivity index (χ4v) is 4.05. The van der Waals surface area contributed by atoms with Gasteiger partial charge in [-0.1, -0.05) is 41.4 Å². The Labute approximate surface area is 216 Å². The van der Waals surface area contributed by atoms with E-state index in [1.807, 2.05) is 52.0 Å². The molecule has 2 aromatic carbocycles. The zero-order chi connectivity index (χ0) is 24.7. The molecule has 0 saturated heterocycles. The van der Waals surface area contributed by atoms with E-state index in [1.165, 1.54) is 16.7 Å². The van der Waals surface area contributed by atoms with Crippen LogP contribution in [0.4, 0.5) is 11.4 Å². The summed E-state index contributed by atoms with van der Waals surface area (Å²) in [6.07, 6.45) is 0. The topological polar surface area (TPSA) is 37.6 Å². The minimum absolute atomic E-state index is 0.194. The SMILES string of the molecule is CC(=Nc1c(C)cc(C)cc1C)c1cccc(C(C)=Nc2c(C)cc(C)cc2Cl)n1.[Cl][Fe][Cl]. The van der Waals surface area contributed by atoms with Crippen LogP contribution in [0.25, 0.3) is 0 Å². The number of pyridine rings is 1. The summed E-state index contributed by atoms with van der Waals surface area (Å²) >= 11 is 6.63. The molecule has 0 spiro atoms. The van der Waals surface area contributed by atoms with Crippen LogP contribution in [0.15, 0.2) is 52.4 Å². The van der Waals surface area contributed by atoms with Crippen molar-refractivity contribution in [2.45, 2.75) is 48.5 Å². The molecule has 0 aliphatic rings. The van der Waals surface area contributed by atoms with Gasteiger partial charge < -0.3 is 0 Å². The van der Waals surface area contributed by atoms with Crippen LogP contribution in [-0.4, -0.2) is 16.4 Å². The maximum absolute atomic E-state index is 6.43. The molecule has 3 nitrogen and oxygen atoms in total. The average Bonchev–Trinajstić information content (AvgIpc) is 2.73. The molecule has 0 unspecified atom stereocenters. The first kappa shape index (κ1) is 27.6. The zero-order valence-corrected chi connectivity index (χ0v) is 23.2. The van der Waals surface area contributed by atoms with Gasteiger partial charge in [-0.2, -0.15) is 0 Å². The number of aryl methyl sites for hydroxylation is 5. The van der Waals surface area contributed by atoms with Crippen molar-refractivity contribution < 1.29 is 13.1 Å². The Morgan fingerprint density at radius 2 is 1.12 bits per heavy atom. The summed E-state index contributed by atoms with van der Waals surface area (Å²) in [5.74, 6) is 0. The van der Waals surface area contributed by atoms with E-state index in [2.05, 4.69) is 39.0 Å². The van der Waals surface area contributed by atoms with Crippen molar-refractivity contribution >= 4 is 54.6 Å². The number of aliphatic imine (C=N–C) groups is 2. The van der Waals surface area contributed by atoms with Gasteiger partial charge in [-0.15, -0.1) is 0 Å². The van der Waals surface area contributed by atoms with Crippen LogP contribution in [0, 0.1) is 34.6 Å². The van der Waals surface area contributed by atoms with Crippen LogP contribution in [0.1, 0.15) is 53.1 Å². The van der Waals surface area contributed by atoms with Crippen molar-refractivity contribution in [2.75, 3.05) is 0 Å². The molecule has 0 N–H and O–H groups in total. The summed E-state index contributed by atoms with van der Waals surface area (Å²) in [4.78, 5) is 14.5. The van der Waals surface area contributed by atoms with E-state index in [4.69, 9.17) is 46.8 Å². The van der Waals surface area contributed by atoms with E-state index in [1.54, 1.807) is 0 Å². The van der Waals surface area contributed by atoms with Crippen molar-refractivity contribution in [3.63, 3.8) is 0 Å². The van der Waals surface area contributed by atoms with Gasteiger partial charge in [0.25, 0.3) is 0 Å². The number of benzene rings is 2. The van der Waals surface area contributed by atoms with Gasteiger partial charge in [0.1, 0.15) is 0 Å². The van der Waals surface area contributed by atoms with Gasteiger partial charge in [0.15, 0.2) is 0 Å². The van der Waals surface area contributed by atoms with Crippen molar-refractivity contribution in [3.8, 4) is 0 Å². The summed E-state index contributed by atoms with van der Waals surface area (Å²) in [6, 6.07) is 14.3. The molecule has 0 amide bonds. The third kappa shape index (κ3) is 7.67. The number of rotatable bonds is 4. The molecule has 176 valence electrons. The van der Waals surface area contributed by atoms with E-state index in [-0.39, 0.29) is 13.1 Å². The normalized spacial score (nSPS) is 11.9. The summed E-state index contributed by atoms with van der Waals surface area (Å²) in [5.41, 5.74) is 10.9. The first-order valence-electron chi connectivity index (χ1n) is 10.4. The van der Waals surface area contributed by atoms with Crippen LogP contribution >= 0.6 is 31.8 Å². The Morgan fingerprint density at radius 3 is 1.58 bits per heavy atom. The molecule has 33 heavy (non-hydrogen) atoms. The Kier molecular flexibility index (Phi) is 10.6. The molecule has 7 heteroatoms. The monoisotopic (exact) mass is 543 g/mol. The van der Waals surface area contributed by atoms with Gasteiger partial charge >= 0.3 is 33.3 Å². The standard InChI is InChI=1S/C26H28ClN3.2ClH.Fe/c1-15-11-17(3)25(18(4)12-15)28-20(6)23-9-8-10-24(30-23)21(7)29-26-19(5)13-16(2)14-22(26)27;;;/h8-14H,1-7H3;2*1H;/q;;;+2/p-2. The van der Waals surface area contributed by atoms with E-state index in [0.717, 1.165) is 45.3 Å². The van der Waals surface area contributed by atoms with Crippen molar-refractivity contribution in [1.29, 1.82) is 0 Å². The molecule has 1 heterocycles. The third-order valence-electron chi connectivity index (χ3n) is 5.08. The number of aromatic nitrogens is 1. The summed E-state index contributed by atoms with van der Waals surface area (Å²) in [5, 5.41) is 0.658. The zero-order valence-electron chi connectivity index (χ0n) is 19.9. The van der Waals surface area contributed by atoms with Crippen LogP contribution in [0.5, 0.6) is 0 Å². The molecule has 0 radical (unpaired) electrons. The quantitative estimate of drug-likeness (QED) is 0.239. The number of nitrogens with zero attached hydrogens (tertiary/aromatic N) is 3. The number of hydrogen-bond acceptors (Lipinski definition) is 3. The Bertz CT molecular complexity index is 1070.